The number of carbonyl (C=O) groups excluding carboxylic acids is 1. The smallest absolute Gasteiger partial charge is 1.00 e. The molecule has 0 aromatic carbocycles. The van der Waals surface area contributed by atoms with Crippen molar-refractivity contribution in [2.75, 3.05) is 12.3 Å². The second-order valence-corrected chi connectivity index (χ2v) is 5.26. The van der Waals surface area contributed by atoms with Gasteiger partial charge in [-0.2, -0.15) is 0 Å². The maximum atomic E-state index is 11.5. The Morgan fingerprint density at radius 2 is 2.41 bits per heavy atom. The number of carbonyl (C=O) groups is 2. The van der Waals surface area contributed by atoms with Crippen LogP contribution in [0.5, 0.6) is 0 Å². The second-order valence-electron chi connectivity index (χ2n) is 4.15. The molecule has 3 N–H and O–H groups in total. The van der Waals surface area contributed by atoms with Crippen LogP contribution in [-0.2, 0) is 9.59 Å². The summed E-state index contributed by atoms with van der Waals surface area (Å²) < 4.78 is 0. The van der Waals surface area contributed by atoms with E-state index in [1.165, 1.54) is 11.8 Å². The molecule has 5 nitrogen and oxygen atoms in total. The van der Waals surface area contributed by atoms with Crippen LogP contribution in [0.25, 0.3) is 0 Å². The first-order valence-corrected chi connectivity index (χ1v) is 6.11. The molecular formula is C10H15KN2O3S. The normalized spacial score (nSPS) is 36.1. The summed E-state index contributed by atoms with van der Waals surface area (Å²) >= 11 is 1.45. The first-order chi connectivity index (χ1) is 7.52. The van der Waals surface area contributed by atoms with Crippen molar-refractivity contribution in [3.05, 3.63) is 12.2 Å². The molecular weight excluding hydrogens is 267 g/mol. The zero-order valence-electron chi connectivity index (χ0n) is 10.9. The van der Waals surface area contributed by atoms with Crippen LogP contribution >= 0.6 is 11.8 Å². The van der Waals surface area contributed by atoms with Crippen LogP contribution in [-0.4, -0.2) is 45.6 Å². The van der Waals surface area contributed by atoms with Crippen molar-refractivity contribution in [2.45, 2.75) is 18.3 Å². The largest absolute Gasteiger partial charge is 1.00 e. The standard InChI is InChI=1S/C10H14N2O3S.K.H/c1-2-3-10(9(14)15)4-12-7(13)6(11)8(12)16-5-10;;/h2-3,6,8H,4-5,11H2,1H3,(H,14,15);;/q;+1;-1/t6?,8-,10?;;/m1../s1. The van der Waals surface area contributed by atoms with Crippen molar-refractivity contribution in [2.24, 2.45) is 11.1 Å². The third-order valence-corrected chi connectivity index (χ3v) is 4.63. The van der Waals surface area contributed by atoms with E-state index < -0.39 is 17.4 Å². The molecule has 2 rings (SSSR count). The molecule has 90 valence electrons. The molecule has 2 heterocycles. The Kier molecular flexibility index (Phi) is 5.28. The molecule has 2 aliphatic rings. The molecule has 7 heteroatoms. The second kappa shape index (κ2) is 5.73. The number of allylic oxidation sites excluding steroid dienone is 1. The van der Waals surface area contributed by atoms with Crippen molar-refractivity contribution in [1.82, 2.24) is 4.90 Å². The van der Waals surface area contributed by atoms with Crippen molar-refractivity contribution >= 4 is 23.6 Å². The van der Waals surface area contributed by atoms with Gasteiger partial charge in [0.1, 0.15) is 16.8 Å². The van der Waals surface area contributed by atoms with Crippen LogP contribution in [0, 0.1) is 5.41 Å². The molecule has 3 atom stereocenters. The van der Waals surface area contributed by atoms with Gasteiger partial charge in [0.2, 0.25) is 5.91 Å². The van der Waals surface area contributed by atoms with Crippen LogP contribution in [0.15, 0.2) is 12.2 Å². The summed E-state index contributed by atoms with van der Waals surface area (Å²) in [6, 6.07) is -0.456. The number of rotatable bonds is 2. The maximum Gasteiger partial charge on any atom is 1.00 e. The average Bonchev–Trinajstić information content (AvgIpc) is 2.28. The Balaban J connectivity index is 0.00000144. The van der Waals surface area contributed by atoms with Gasteiger partial charge in [-0.25, -0.2) is 0 Å². The molecule has 0 spiro atoms. The van der Waals surface area contributed by atoms with E-state index in [0.717, 1.165) is 0 Å². The fourth-order valence-electron chi connectivity index (χ4n) is 2.12. The van der Waals surface area contributed by atoms with Gasteiger partial charge >= 0.3 is 57.4 Å². The topological polar surface area (TPSA) is 83.6 Å². The van der Waals surface area contributed by atoms with Crippen molar-refractivity contribution < 1.29 is 67.5 Å². The minimum atomic E-state index is -0.953. The third-order valence-electron chi connectivity index (χ3n) is 3.06. The molecule has 2 unspecified atom stereocenters. The number of carboxylic acids is 1. The number of thioether (sulfide) groups is 1. The van der Waals surface area contributed by atoms with Crippen LogP contribution in [0.3, 0.4) is 0 Å². The summed E-state index contributed by atoms with van der Waals surface area (Å²) in [6.45, 7) is 2.02. The number of amides is 1. The number of hydrogen-bond acceptors (Lipinski definition) is 4. The average molecular weight is 282 g/mol. The number of carboxylic acid groups (broad SMARTS) is 1. The summed E-state index contributed by atoms with van der Waals surface area (Å²) in [4.78, 5) is 24.3. The predicted octanol–water partition coefficient (Wildman–Crippen LogP) is -3.01. The molecule has 2 aliphatic heterocycles. The number of fused-ring (bicyclic) bond motifs is 1. The quantitative estimate of drug-likeness (QED) is 0.320. The molecule has 0 aromatic rings. The van der Waals surface area contributed by atoms with Crippen molar-refractivity contribution in [3.8, 4) is 0 Å². The van der Waals surface area contributed by atoms with Gasteiger partial charge in [0.05, 0.1) is 0 Å². The summed E-state index contributed by atoms with van der Waals surface area (Å²) in [6.07, 6.45) is 3.38. The molecule has 0 radical (unpaired) electrons. The van der Waals surface area contributed by atoms with E-state index in [9.17, 15) is 14.7 Å². The third kappa shape index (κ3) is 2.51. The molecule has 0 saturated carbocycles. The molecule has 0 aliphatic carbocycles. The Morgan fingerprint density at radius 1 is 1.76 bits per heavy atom. The molecule has 2 fully saturated rings. The van der Waals surface area contributed by atoms with Gasteiger partial charge in [0, 0.05) is 12.3 Å². The first-order valence-electron chi connectivity index (χ1n) is 5.07. The van der Waals surface area contributed by atoms with Gasteiger partial charge in [-0.3, -0.25) is 9.59 Å². The van der Waals surface area contributed by atoms with Crippen LogP contribution in [0.2, 0.25) is 0 Å². The number of aliphatic carboxylic acids is 1. The fourth-order valence-corrected chi connectivity index (χ4v) is 3.58. The maximum absolute atomic E-state index is 11.5. The van der Waals surface area contributed by atoms with E-state index in [0.29, 0.717) is 5.75 Å². The van der Waals surface area contributed by atoms with E-state index in [2.05, 4.69) is 0 Å². The van der Waals surface area contributed by atoms with E-state index in [1.54, 1.807) is 24.0 Å². The van der Waals surface area contributed by atoms with E-state index in [4.69, 9.17) is 5.73 Å². The Bertz CT molecular complexity index is 382. The van der Waals surface area contributed by atoms with Gasteiger partial charge in [-0.15, -0.1) is 11.8 Å². The SMILES string of the molecule is CC=CC1(C(=O)O)CS[C@@H]2C(N)C(=O)N2C1.[H-].[K+]. The van der Waals surface area contributed by atoms with Gasteiger partial charge in [-0.1, -0.05) is 12.2 Å². The van der Waals surface area contributed by atoms with E-state index in [-0.39, 0.29) is 70.6 Å². The summed E-state index contributed by atoms with van der Waals surface area (Å²) in [5, 5.41) is 9.23. The van der Waals surface area contributed by atoms with Gasteiger partial charge in [0.15, 0.2) is 0 Å². The minimum Gasteiger partial charge on any atom is -1.00 e. The van der Waals surface area contributed by atoms with Crippen molar-refractivity contribution in [1.29, 1.82) is 0 Å². The number of nitrogens with two attached hydrogens (primary N) is 1. The van der Waals surface area contributed by atoms with E-state index in [1.807, 2.05) is 0 Å². The Labute approximate surface area is 148 Å². The van der Waals surface area contributed by atoms with Crippen molar-refractivity contribution in [3.63, 3.8) is 0 Å². The zero-order valence-corrected chi connectivity index (χ0v) is 13.9. The summed E-state index contributed by atoms with van der Waals surface area (Å²) in [5.74, 6) is -0.563. The minimum absolute atomic E-state index is 0. The molecule has 2 saturated heterocycles. The summed E-state index contributed by atoms with van der Waals surface area (Å²) in [7, 11) is 0. The molecule has 17 heavy (non-hydrogen) atoms. The van der Waals surface area contributed by atoms with Crippen LogP contribution < -0.4 is 57.1 Å². The summed E-state index contributed by atoms with van der Waals surface area (Å²) in [5.41, 5.74) is 4.69. The Hall–Kier alpha value is 0.626. The fraction of sp³-hybridized carbons (Fsp3) is 0.600. The zero-order chi connectivity index (χ0) is 11.9. The number of nitrogens with zero attached hydrogens (tertiary/aromatic N) is 1. The van der Waals surface area contributed by atoms with Crippen LogP contribution in [0.4, 0.5) is 0 Å². The molecule has 0 aromatic heterocycles. The van der Waals surface area contributed by atoms with E-state index >= 15 is 0 Å². The Morgan fingerprint density at radius 3 is 2.94 bits per heavy atom. The monoisotopic (exact) mass is 282 g/mol. The van der Waals surface area contributed by atoms with Gasteiger partial charge in [0.25, 0.3) is 0 Å². The predicted molar refractivity (Wildman–Crippen MR) is 61.9 cm³/mol. The number of hydrogen-bond donors (Lipinski definition) is 2. The first kappa shape index (κ1) is 15.7. The van der Waals surface area contributed by atoms with Gasteiger partial charge in [-0.05, 0) is 6.92 Å². The van der Waals surface area contributed by atoms with Gasteiger partial charge < -0.3 is 17.2 Å². The van der Waals surface area contributed by atoms with Crippen LogP contribution in [0.1, 0.15) is 8.35 Å². The molecule has 1 amide bonds. The number of β-lactam (4-membered cyclic amide) rings is 1. The molecule has 0 bridgehead atoms.